The van der Waals surface area contributed by atoms with Gasteiger partial charge in [0.05, 0.1) is 4.88 Å². The monoisotopic (exact) mass is 307 g/mol. The molecular formula is C16H21NO3S. The van der Waals surface area contributed by atoms with Gasteiger partial charge in [-0.15, -0.1) is 11.3 Å². The summed E-state index contributed by atoms with van der Waals surface area (Å²) in [4.78, 5) is 23.5. The van der Waals surface area contributed by atoms with E-state index in [2.05, 4.69) is 19.2 Å². The van der Waals surface area contributed by atoms with Gasteiger partial charge in [-0.05, 0) is 47.8 Å². The second kappa shape index (κ2) is 6.43. The van der Waals surface area contributed by atoms with Crippen LogP contribution < -0.4 is 5.32 Å². The highest BCUT2D eigenvalue weighted by molar-refractivity contribution is 7.12. The van der Waals surface area contributed by atoms with Gasteiger partial charge in [0.2, 0.25) is 0 Å². The lowest BCUT2D eigenvalue weighted by Crippen LogP contribution is -2.40. The molecule has 1 saturated carbocycles. The Morgan fingerprint density at radius 1 is 1.48 bits per heavy atom. The molecule has 1 aromatic rings. The first kappa shape index (κ1) is 15.8. The quantitative estimate of drug-likeness (QED) is 0.836. The summed E-state index contributed by atoms with van der Waals surface area (Å²) in [6, 6.07) is 1.98. The minimum Gasteiger partial charge on any atom is -0.478 e. The topological polar surface area (TPSA) is 66.4 Å². The molecule has 1 fully saturated rings. The smallest absolute Gasteiger partial charge is 0.328 e. The number of carboxylic acids is 1. The van der Waals surface area contributed by atoms with E-state index in [0.29, 0.717) is 10.4 Å². The third kappa shape index (κ3) is 4.43. The van der Waals surface area contributed by atoms with Crippen LogP contribution in [-0.4, -0.2) is 23.0 Å². The van der Waals surface area contributed by atoms with Crippen molar-refractivity contribution in [3.63, 3.8) is 0 Å². The molecule has 2 N–H and O–H groups in total. The van der Waals surface area contributed by atoms with Crippen molar-refractivity contribution in [1.29, 1.82) is 0 Å². The molecule has 1 heterocycles. The Labute approximate surface area is 128 Å². The minimum absolute atomic E-state index is 0.0993. The third-order valence-electron chi connectivity index (χ3n) is 3.85. The molecule has 4 nitrogen and oxygen atoms in total. The SMILES string of the molecule is CC1(C)CCCC(NC(=O)c2sccc2/C=C/C(=O)O)C1. The first-order chi connectivity index (χ1) is 9.87. The number of carbonyl (C=O) groups is 2. The molecule has 1 aliphatic carbocycles. The van der Waals surface area contributed by atoms with E-state index in [1.54, 1.807) is 11.4 Å². The highest BCUT2D eigenvalue weighted by Gasteiger charge is 2.29. The van der Waals surface area contributed by atoms with Crippen LogP contribution in [0.2, 0.25) is 0 Å². The number of carbonyl (C=O) groups excluding carboxylic acids is 1. The van der Waals surface area contributed by atoms with Crippen LogP contribution in [-0.2, 0) is 4.79 Å². The Kier molecular flexibility index (Phi) is 4.83. The second-order valence-corrected chi connectivity index (χ2v) is 7.22. The molecule has 0 bridgehead atoms. The van der Waals surface area contributed by atoms with Crippen LogP contribution in [0.5, 0.6) is 0 Å². The second-order valence-electron chi connectivity index (χ2n) is 6.31. The van der Waals surface area contributed by atoms with Gasteiger partial charge in [-0.2, -0.15) is 0 Å². The largest absolute Gasteiger partial charge is 0.478 e. The first-order valence-corrected chi connectivity index (χ1v) is 8.05. The molecule has 0 aliphatic heterocycles. The highest BCUT2D eigenvalue weighted by Crippen LogP contribution is 2.35. The van der Waals surface area contributed by atoms with Crippen LogP contribution in [0.25, 0.3) is 6.08 Å². The summed E-state index contributed by atoms with van der Waals surface area (Å²) in [6.07, 6.45) is 6.87. The van der Waals surface area contributed by atoms with Crippen molar-refractivity contribution in [1.82, 2.24) is 5.32 Å². The van der Waals surface area contributed by atoms with Gasteiger partial charge in [0.1, 0.15) is 0 Å². The van der Waals surface area contributed by atoms with Crippen LogP contribution in [0.15, 0.2) is 17.5 Å². The number of thiophene rings is 1. The van der Waals surface area contributed by atoms with Gasteiger partial charge in [-0.25, -0.2) is 4.79 Å². The molecule has 0 aromatic carbocycles. The number of hydrogen-bond donors (Lipinski definition) is 2. The molecule has 2 rings (SSSR count). The zero-order valence-electron chi connectivity index (χ0n) is 12.4. The Morgan fingerprint density at radius 2 is 2.24 bits per heavy atom. The summed E-state index contributed by atoms with van der Waals surface area (Å²) in [5.41, 5.74) is 0.937. The van der Waals surface area contributed by atoms with Crippen LogP contribution in [0.1, 0.15) is 54.8 Å². The van der Waals surface area contributed by atoms with Crippen LogP contribution in [0.4, 0.5) is 0 Å². The van der Waals surface area contributed by atoms with E-state index in [0.717, 1.165) is 25.3 Å². The summed E-state index contributed by atoms with van der Waals surface area (Å²) in [6.45, 7) is 4.47. The number of hydrogen-bond acceptors (Lipinski definition) is 3. The molecule has 1 amide bonds. The highest BCUT2D eigenvalue weighted by atomic mass is 32.1. The van der Waals surface area contributed by atoms with Gasteiger partial charge < -0.3 is 10.4 Å². The molecule has 1 aliphatic rings. The predicted molar refractivity (Wildman–Crippen MR) is 84.5 cm³/mol. The molecule has 1 aromatic heterocycles. The van der Waals surface area contributed by atoms with Gasteiger partial charge in [-0.1, -0.05) is 20.3 Å². The van der Waals surface area contributed by atoms with Crippen molar-refractivity contribution in [3.8, 4) is 0 Å². The zero-order valence-corrected chi connectivity index (χ0v) is 13.2. The van der Waals surface area contributed by atoms with Gasteiger partial charge in [-0.3, -0.25) is 4.79 Å². The Balaban J connectivity index is 2.04. The average Bonchev–Trinajstić information content (AvgIpc) is 2.83. The Hall–Kier alpha value is -1.62. The molecule has 0 radical (unpaired) electrons. The average molecular weight is 307 g/mol. The van der Waals surface area contributed by atoms with Crippen molar-refractivity contribution in [2.75, 3.05) is 0 Å². The third-order valence-corrected chi connectivity index (χ3v) is 4.78. The summed E-state index contributed by atoms with van der Waals surface area (Å²) < 4.78 is 0. The number of amides is 1. The van der Waals surface area contributed by atoms with Crippen molar-refractivity contribution in [2.24, 2.45) is 5.41 Å². The van der Waals surface area contributed by atoms with Gasteiger partial charge >= 0.3 is 5.97 Å². The molecule has 0 spiro atoms. The van der Waals surface area contributed by atoms with E-state index in [-0.39, 0.29) is 17.4 Å². The fourth-order valence-corrected chi connectivity index (χ4v) is 3.66. The number of aliphatic carboxylic acids is 1. The summed E-state index contributed by atoms with van der Waals surface area (Å²) in [5, 5.41) is 13.6. The van der Waals surface area contributed by atoms with Gasteiger partial charge in [0, 0.05) is 12.1 Å². The summed E-state index contributed by atoms with van der Waals surface area (Å²) >= 11 is 1.34. The van der Waals surface area contributed by atoms with Crippen LogP contribution in [0.3, 0.4) is 0 Å². The van der Waals surface area contributed by atoms with Crippen LogP contribution >= 0.6 is 11.3 Å². The molecule has 0 saturated heterocycles. The van der Waals surface area contributed by atoms with Crippen molar-refractivity contribution in [2.45, 2.75) is 45.6 Å². The number of nitrogens with one attached hydrogen (secondary N) is 1. The van der Waals surface area contributed by atoms with Crippen molar-refractivity contribution < 1.29 is 14.7 Å². The lowest BCUT2D eigenvalue weighted by atomic mass is 9.75. The van der Waals surface area contributed by atoms with E-state index in [4.69, 9.17) is 5.11 Å². The van der Waals surface area contributed by atoms with Gasteiger partial charge in [0.25, 0.3) is 5.91 Å². The molecule has 21 heavy (non-hydrogen) atoms. The van der Waals surface area contributed by atoms with Crippen molar-refractivity contribution >= 4 is 29.3 Å². The fraction of sp³-hybridized carbons (Fsp3) is 0.500. The normalized spacial score (nSPS) is 21.3. The summed E-state index contributed by atoms with van der Waals surface area (Å²) in [5.74, 6) is -1.11. The molecular weight excluding hydrogens is 286 g/mol. The maximum atomic E-state index is 12.4. The van der Waals surface area contributed by atoms with E-state index < -0.39 is 5.97 Å². The van der Waals surface area contributed by atoms with Crippen molar-refractivity contribution in [3.05, 3.63) is 28.0 Å². The molecule has 1 atom stereocenters. The van der Waals surface area contributed by atoms with E-state index in [1.807, 2.05) is 0 Å². The maximum absolute atomic E-state index is 12.4. The summed E-state index contributed by atoms with van der Waals surface area (Å²) in [7, 11) is 0. The van der Waals surface area contributed by atoms with Crippen LogP contribution in [0, 0.1) is 5.41 Å². The molecule has 5 heteroatoms. The Bertz CT molecular complexity index is 560. The van der Waals surface area contributed by atoms with E-state index in [9.17, 15) is 9.59 Å². The fourth-order valence-electron chi connectivity index (χ4n) is 2.87. The Morgan fingerprint density at radius 3 is 2.90 bits per heavy atom. The minimum atomic E-state index is -1.01. The lowest BCUT2D eigenvalue weighted by molar-refractivity contribution is -0.131. The number of carboxylic acid groups (broad SMARTS) is 1. The number of rotatable bonds is 4. The molecule has 1 unspecified atom stereocenters. The predicted octanol–water partition coefficient (Wildman–Crippen LogP) is 3.54. The first-order valence-electron chi connectivity index (χ1n) is 7.17. The standard InChI is InChI=1S/C16H21NO3S/c1-16(2)8-3-4-12(10-16)17-15(20)14-11(7-9-21-14)5-6-13(18)19/h5-7,9,12H,3-4,8,10H2,1-2H3,(H,17,20)(H,18,19)/b6-5+. The van der Waals surface area contributed by atoms with E-state index >= 15 is 0 Å². The molecule has 114 valence electrons. The van der Waals surface area contributed by atoms with E-state index in [1.165, 1.54) is 23.8 Å². The van der Waals surface area contributed by atoms with Gasteiger partial charge in [0.15, 0.2) is 0 Å². The zero-order chi connectivity index (χ0) is 15.5. The lowest BCUT2D eigenvalue weighted by Gasteiger charge is -2.35. The maximum Gasteiger partial charge on any atom is 0.328 e.